The van der Waals surface area contributed by atoms with Crippen molar-refractivity contribution in [2.45, 2.75) is 25.6 Å². The number of aromatic nitrogens is 2. The molecule has 1 atom stereocenters. The van der Waals surface area contributed by atoms with Gasteiger partial charge in [0.1, 0.15) is 5.82 Å². The van der Waals surface area contributed by atoms with Crippen LogP contribution in [-0.4, -0.2) is 64.8 Å². The van der Waals surface area contributed by atoms with Crippen LogP contribution in [0.4, 0.5) is 4.39 Å². The van der Waals surface area contributed by atoms with Gasteiger partial charge in [-0.05, 0) is 44.8 Å². The van der Waals surface area contributed by atoms with E-state index < -0.39 is 6.10 Å². The average molecular weight is 350 g/mol. The summed E-state index contributed by atoms with van der Waals surface area (Å²) in [5, 5.41) is 26.2. The first-order valence-electron chi connectivity index (χ1n) is 8.47. The number of aliphatic hydroxyl groups excluding tert-OH is 2. The molecule has 25 heavy (non-hydrogen) atoms. The minimum absolute atomic E-state index is 0.258. The van der Waals surface area contributed by atoms with Gasteiger partial charge in [0.2, 0.25) is 0 Å². The highest BCUT2D eigenvalue weighted by Gasteiger charge is 2.14. The van der Waals surface area contributed by atoms with E-state index in [1.165, 1.54) is 12.1 Å². The third-order valence-electron chi connectivity index (χ3n) is 4.04. The highest BCUT2D eigenvalue weighted by atomic mass is 19.1. The van der Waals surface area contributed by atoms with Crippen molar-refractivity contribution in [1.82, 2.24) is 20.0 Å². The first-order chi connectivity index (χ1) is 12.0. The SMILES string of the molecule is CNCCN(C)Cc1cn(CCC(O)CO)nc1-c1ccc(F)cc1. The van der Waals surface area contributed by atoms with Crippen molar-refractivity contribution in [3.05, 3.63) is 41.8 Å². The predicted octanol–water partition coefficient (Wildman–Crippen LogP) is 1.08. The Bertz CT molecular complexity index is 645. The highest BCUT2D eigenvalue weighted by molar-refractivity contribution is 5.62. The molecule has 7 heteroatoms. The molecular weight excluding hydrogens is 323 g/mol. The first-order valence-corrected chi connectivity index (χ1v) is 8.47. The number of likely N-dealkylation sites (N-methyl/N-ethyl adjacent to an activating group) is 2. The van der Waals surface area contributed by atoms with Crippen LogP contribution in [0.1, 0.15) is 12.0 Å². The number of halogens is 1. The standard InChI is InChI=1S/C18H27FN4O2/c1-20-8-10-22(2)11-15-12-23(9-7-17(25)13-24)21-18(15)14-3-5-16(19)6-4-14/h3-6,12,17,20,24-25H,7-11,13H2,1-2H3. The van der Waals surface area contributed by atoms with Gasteiger partial charge in [0.25, 0.3) is 0 Å². The van der Waals surface area contributed by atoms with Gasteiger partial charge in [-0.1, -0.05) is 0 Å². The number of aryl methyl sites for hydroxylation is 1. The third-order valence-corrected chi connectivity index (χ3v) is 4.04. The lowest BCUT2D eigenvalue weighted by molar-refractivity contribution is 0.0838. The van der Waals surface area contributed by atoms with Crippen LogP contribution in [0.3, 0.4) is 0 Å². The van der Waals surface area contributed by atoms with Gasteiger partial charge in [-0.3, -0.25) is 4.68 Å². The van der Waals surface area contributed by atoms with Crippen molar-refractivity contribution < 1.29 is 14.6 Å². The van der Waals surface area contributed by atoms with E-state index in [0.29, 0.717) is 13.0 Å². The van der Waals surface area contributed by atoms with E-state index in [0.717, 1.165) is 36.5 Å². The molecule has 0 radical (unpaired) electrons. The zero-order chi connectivity index (χ0) is 18.2. The Hall–Kier alpha value is -1.80. The van der Waals surface area contributed by atoms with E-state index in [9.17, 15) is 9.50 Å². The van der Waals surface area contributed by atoms with Crippen LogP contribution in [0, 0.1) is 5.82 Å². The van der Waals surface area contributed by atoms with Gasteiger partial charge in [0.15, 0.2) is 0 Å². The van der Waals surface area contributed by atoms with Gasteiger partial charge in [-0.25, -0.2) is 4.39 Å². The van der Waals surface area contributed by atoms with E-state index in [1.54, 1.807) is 16.8 Å². The van der Waals surface area contributed by atoms with E-state index in [-0.39, 0.29) is 12.4 Å². The Morgan fingerprint density at radius 1 is 1.32 bits per heavy atom. The molecule has 1 aromatic heterocycles. The lowest BCUT2D eigenvalue weighted by atomic mass is 10.1. The van der Waals surface area contributed by atoms with Crippen molar-refractivity contribution in [3.8, 4) is 11.3 Å². The Balaban J connectivity index is 2.21. The molecule has 0 aliphatic rings. The van der Waals surface area contributed by atoms with Crippen LogP contribution in [-0.2, 0) is 13.1 Å². The summed E-state index contributed by atoms with van der Waals surface area (Å²) in [5.41, 5.74) is 2.72. The zero-order valence-electron chi connectivity index (χ0n) is 14.8. The van der Waals surface area contributed by atoms with Gasteiger partial charge in [-0.15, -0.1) is 0 Å². The monoisotopic (exact) mass is 350 g/mol. The van der Waals surface area contributed by atoms with Crippen LogP contribution in [0.15, 0.2) is 30.5 Å². The summed E-state index contributed by atoms with van der Waals surface area (Å²) in [6.07, 6.45) is 1.63. The zero-order valence-corrected chi connectivity index (χ0v) is 14.8. The molecule has 3 N–H and O–H groups in total. The van der Waals surface area contributed by atoms with Crippen LogP contribution < -0.4 is 5.32 Å². The fraction of sp³-hybridized carbons (Fsp3) is 0.500. The maximum absolute atomic E-state index is 13.2. The summed E-state index contributed by atoms with van der Waals surface area (Å²) < 4.78 is 15.0. The van der Waals surface area contributed by atoms with E-state index in [2.05, 4.69) is 15.3 Å². The molecule has 0 saturated heterocycles. The highest BCUT2D eigenvalue weighted by Crippen LogP contribution is 2.23. The van der Waals surface area contributed by atoms with E-state index in [1.807, 2.05) is 20.3 Å². The second-order valence-corrected chi connectivity index (χ2v) is 6.24. The molecular formula is C18H27FN4O2. The Kier molecular flexibility index (Phi) is 7.52. The molecule has 1 unspecified atom stereocenters. The summed E-state index contributed by atoms with van der Waals surface area (Å²) >= 11 is 0. The summed E-state index contributed by atoms with van der Waals surface area (Å²) in [5.74, 6) is -0.276. The number of aliphatic hydroxyl groups is 2. The molecule has 138 valence electrons. The summed E-state index contributed by atoms with van der Waals surface area (Å²) in [4.78, 5) is 2.19. The predicted molar refractivity (Wildman–Crippen MR) is 95.6 cm³/mol. The maximum atomic E-state index is 13.2. The quantitative estimate of drug-likeness (QED) is 0.598. The van der Waals surface area contributed by atoms with Crippen molar-refractivity contribution in [1.29, 1.82) is 0 Å². The van der Waals surface area contributed by atoms with Crippen molar-refractivity contribution >= 4 is 0 Å². The molecule has 2 aromatic rings. The fourth-order valence-electron chi connectivity index (χ4n) is 2.59. The Morgan fingerprint density at radius 3 is 2.68 bits per heavy atom. The van der Waals surface area contributed by atoms with Crippen molar-refractivity contribution in [2.75, 3.05) is 33.8 Å². The third kappa shape index (κ3) is 5.89. The number of nitrogens with zero attached hydrogens (tertiary/aromatic N) is 3. The molecule has 0 bridgehead atoms. The van der Waals surface area contributed by atoms with Crippen LogP contribution >= 0.6 is 0 Å². The van der Waals surface area contributed by atoms with Gasteiger partial charge in [0.05, 0.1) is 18.4 Å². The Morgan fingerprint density at radius 2 is 2.04 bits per heavy atom. The molecule has 0 amide bonds. The second kappa shape index (κ2) is 9.62. The van der Waals surface area contributed by atoms with E-state index in [4.69, 9.17) is 5.11 Å². The largest absolute Gasteiger partial charge is 0.394 e. The lowest BCUT2D eigenvalue weighted by Gasteiger charge is -2.16. The maximum Gasteiger partial charge on any atom is 0.123 e. The molecule has 6 nitrogen and oxygen atoms in total. The Labute approximate surface area is 147 Å². The van der Waals surface area contributed by atoms with Crippen molar-refractivity contribution in [2.24, 2.45) is 0 Å². The van der Waals surface area contributed by atoms with Crippen LogP contribution in [0.25, 0.3) is 11.3 Å². The minimum atomic E-state index is -0.750. The molecule has 1 heterocycles. The number of hydrogen-bond donors (Lipinski definition) is 3. The number of benzene rings is 1. The topological polar surface area (TPSA) is 73.5 Å². The molecule has 2 rings (SSSR count). The molecule has 0 aliphatic carbocycles. The van der Waals surface area contributed by atoms with Crippen molar-refractivity contribution in [3.63, 3.8) is 0 Å². The van der Waals surface area contributed by atoms with Crippen LogP contribution in [0.5, 0.6) is 0 Å². The van der Waals surface area contributed by atoms with Gasteiger partial charge in [0, 0.05) is 43.5 Å². The molecule has 0 spiro atoms. The fourth-order valence-corrected chi connectivity index (χ4v) is 2.59. The van der Waals surface area contributed by atoms with Gasteiger partial charge < -0.3 is 20.4 Å². The summed E-state index contributed by atoms with van der Waals surface area (Å²) in [6, 6.07) is 6.31. The van der Waals surface area contributed by atoms with Crippen LogP contribution in [0.2, 0.25) is 0 Å². The first kappa shape index (κ1) is 19.5. The van der Waals surface area contributed by atoms with Gasteiger partial charge in [-0.2, -0.15) is 5.10 Å². The molecule has 0 fully saturated rings. The average Bonchev–Trinajstić information content (AvgIpc) is 3.01. The lowest BCUT2D eigenvalue weighted by Crippen LogP contribution is -2.27. The number of rotatable bonds is 10. The summed E-state index contributed by atoms with van der Waals surface area (Å²) in [7, 11) is 3.96. The number of nitrogens with one attached hydrogen (secondary N) is 1. The smallest absolute Gasteiger partial charge is 0.123 e. The normalized spacial score (nSPS) is 12.7. The van der Waals surface area contributed by atoms with E-state index >= 15 is 0 Å². The molecule has 0 aliphatic heterocycles. The molecule has 1 aromatic carbocycles. The van der Waals surface area contributed by atoms with Gasteiger partial charge >= 0.3 is 0 Å². The second-order valence-electron chi connectivity index (χ2n) is 6.24. The minimum Gasteiger partial charge on any atom is -0.394 e. The molecule has 0 saturated carbocycles. The summed E-state index contributed by atoms with van der Waals surface area (Å²) in [6.45, 7) is 2.76. The number of hydrogen-bond acceptors (Lipinski definition) is 5.